The van der Waals surface area contributed by atoms with E-state index in [-0.39, 0.29) is 24.2 Å². The molecule has 6 nitrogen and oxygen atoms in total. The lowest BCUT2D eigenvalue weighted by Gasteiger charge is -2.25. The van der Waals surface area contributed by atoms with Crippen molar-refractivity contribution in [3.8, 4) is 5.75 Å². The Labute approximate surface area is 147 Å². The minimum absolute atomic E-state index is 0.0281. The predicted octanol–water partition coefficient (Wildman–Crippen LogP) is 2.07. The van der Waals surface area contributed by atoms with Crippen LogP contribution in [-0.4, -0.2) is 34.6 Å². The van der Waals surface area contributed by atoms with Crippen molar-refractivity contribution in [2.45, 2.75) is 33.7 Å². The molecule has 0 saturated heterocycles. The second-order valence-electron chi connectivity index (χ2n) is 6.55. The molecule has 1 atom stereocenters. The Morgan fingerprint density at radius 3 is 2.80 bits per heavy atom. The first-order valence-corrected chi connectivity index (χ1v) is 8.48. The zero-order valence-corrected chi connectivity index (χ0v) is 14.8. The molecule has 0 radical (unpaired) electrons. The van der Waals surface area contributed by atoms with Crippen LogP contribution in [0.25, 0.3) is 0 Å². The molecular weight excluding hydrogens is 318 g/mol. The zero-order valence-electron chi connectivity index (χ0n) is 14.8. The van der Waals surface area contributed by atoms with E-state index >= 15 is 0 Å². The molecule has 0 saturated carbocycles. The van der Waals surface area contributed by atoms with E-state index in [0.717, 1.165) is 17.9 Å². The van der Waals surface area contributed by atoms with E-state index in [1.165, 1.54) is 12.5 Å². The maximum Gasteiger partial charge on any atom is 0.241 e. The molecule has 2 heterocycles. The molecule has 1 aliphatic rings. The van der Waals surface area contributed by atoms with Gasteiger partial charge in [-0.3, -0.25) is 14.3 Å². The number of benzene rings is 1. The number of nitrogens with zero attached hydrogens (tertiary/aromatic N) is 2. The summed E-state index contributed by atoms with van der Waals surface area (Å²) in [5.41, 5.74) is 3.17. The second-order valence-corrected chi connectivity index (χ2v) is 6.55. The summed E-state index contributed by atoms with van der Waals surface area (Å²) in [4.78, 5) is 23.9. The van der Waals surface area contributed by atoms with E-state index in [4.69, 9.17) is 4.74 Å². The topological polar surface area (TPSA) is 73.2 Å². The standard InChI is InChI=1S/C19H23N3O3/c1-12-19(14(3)23)13(2)22(21-12)10-18(24)20-9-15-8-16-6-4-5-7-17(16)25-11-15/h4-7,15H,8-11H2,1-3H3,(H,20,24)/t15-/m0/s1. The van der Waals surface area contributed by atoms with Gasteiger partial charge in [0.05, 0.1) is 17.9 Å². The number of amides is 1. The maximum atomic E-state index is 12.2. The minimum atomic E-state index is -0.112. The number of hydrogen-bond donors (Lipinski definition) is 1. The van der Waals surface area contributed by atoms with Gasteiger partial charge in [0.15, 0.2) is 5.78 Å². The molecule has 1 N–H and O–H groups in total. The first kappa shape index (κ1) is 17.2. The number of rotatable bonds is 5. The Morgan fingerprint density at radius 2 is 2.08 bits per heavy atom. The smallest absolute Gasteiger partial charge is 0.241 e. The van der Waals surface area contributed by atoms with Crippen molar-refractivity contribution in [2.24, 2.45) is 5.92 Å². The molecule has 1 aromatic heterocycles. The van der Waals surface area contributed by atoms with Crippen LogP contribution in [0.15, 0.2) is 24.3 Å². The number of hydrogen-bond acceptors (Lipinski definition) is 4. The number of carbonyl (C=O) groups is 2. The Bertz CT molecular complexity index is 810. The highest BCUT2D eigenvalue weighted by molar-refractivity contribution is 5.96. The van der Waals surface area contributed by atoms with Crippen molar-refractivity contribution < 1.29 is 14.3 Å². The summed E-state index contributed by atoms with van der Waals surface area (Å²) < 4.78 is 7.34. The summed E-state index contributed by atoms with van der Waals surface area (Å²) in [5.74, 6) is 1.05. The fourth-order valence-electron chi connectivity index (χ4n) is 3.33. The molecule has 0 unspecified atom stereocenters. The molecule has 1 aliphatic heterocycles. The van der Waals surface area contributed by atoms with Crippen LogP contribution in [0, 0.1) is 19.8 Å². The van der Waals surface area contributed by atoms with E-state index in [9.17, 15) is 9.59 Å². The number of ether oxygens (including phenoxy) is 1. The zero-order chi connectivity index (χ0) is 18.0. The molecule has 6 heteroatoms. The Balaban J connectivity index is 1.56. The molecule has 0 aliphatic carbocycles. The summed E-state index contributed by atoms with van der Waals surface area (Å²) in [6.07, 6.45) is 0.894. The third-order valence-electron chi connectivity index (χ3n) is 4.57. The van der Waals surface area contributed by atoms with Gasteiger partial charge < -0.3 is 10.1 Å². The monoisotopic (exact) mass is 341 g/mol. The van der Waals surface area contributed by atoms with Gasteiger partial charge in [-0.25, -0.2) is 0 Å². The molecule has 25 heavy (non-hydrogen) atoms. The molecule has 0 bridgehead atoms. The van der Waals surface area contributed by atoms with Gasteiger partial charge in [0.1, 0.15) is 12.3 Å². The molecule has 0 fully saturated rings. The number of aromatic nitrogens is 2. The lowest BCUT2D eigenvalue weighted by Crippen LogP contribution is -2.36. The third-order valence-corrected chi connectivity index (χ3v) is 4.57. The van der Waals surface area contributed by atoms with Crippen LogP contribution in [0.2, 0.25) is 0 Å². The van der Waals surface area contributed by atoms with E-state index in [0.29, 0.717) is 24.4 Å². The number of Topliss-reactive ketones (excluding diaryl/α,β-unsaturated/α-hetero) is 1. The summed E-state index contributed by atoms with van der Waals surface area (Å²) >= 11 is 0. The first-order valence-electron chi connectivity index (χ1n) is 8.48. The van der Waals surface area contributed by atoms with E-state index < -0.39 is 0 Å². The lowest BCUT2D eigenvalue weighted by atomic mass is 9.97. The average molecular weight is 341 g/mol. The molecule has 0 spiro atoms. The molecule has 132 valence electrons. The van der Waals surface area contributed by atoms with Gasteiger partial charge in [-0.05, 0) is 38.8 Å². The summed E-state index contributed by atoms with van der Waals surface area (Å²) in [6.45, 7) is 6.40. The number of aryl methyl sites for hydroxylation is 1. The number of fused-ring (bicyclic) bond motifs is 1. The van der Waals surface area contributed by atoms with Crippen molar-refractivity contribution in [1.82, 2.24) is 15.1 Å². The van der Waals surface area contributed by atoms with Crippen LogP contribution >= 0.6 is 0 Å². The minimum Gasteiger partial charge on any atom is -0.493 e. The number of para-hydroxylation sites is 1. The maximum absolute atomic E-state index is 12.2. The Kier molecular flexibility index (Phi) is 4.88. The number of ketones is 1. The van der Waals surface area contributed by atoms with E-state index in [1.807, 2.05) is 25.1 Å². The SMILES string of the molecule is CC(=O)c1c(C)nn(CC(=O)NC[C@H]2COc3ccccc3C2)c1C. The second kappa shape index (κ2) is 7.09. The fourth-order valence-corrected chi connectivity index (χ4v) is 3.33. The van der Waals surface area contributed by atoms with Crippen molar-refractivity contribution in [1.29, 1.82) is 0 Å². The highest BCUT2D eigenvalue weighted by Gasteiger charge is 2.21. The van der Waals surface area contributed by atoms with Crippen LogP contribution in [0.3, 0.4) is 0 Å². The van der Waals surface area contributed by atoms with Crippen molar-refractivity contribution in [3.63, 3.8) is 0 Å². The van der Waals surface area contributed by atoms with Crippen LogP contribution in [0.5, 0.6) is 5.75 Å². The van der Waals surface area contributed by atoms with Gasteiger partial charge in [0.2, 0.25) is 5.91 Å². The van der Waals surface area contributed by atoms with Gasteiger partial charge in [-0.2, -0.15) is 5.10 Å². The van der Waals surface area contributed by atoms with Crippen LogP contribution in [0.1, 0.15) is 34.2 Å². The quantitative estimate of drug-likeness (QED) is 0.845. The van der Waals surface area contributed by atoms with Gasteiger partial charge in [-0.15, -0.1) is 0 Å². The molecule has 3 rings (SSSR count). The summed E-state index contributed by atoms with van der Waals surface area (Å²) in [7, 11) is 0. The molecule has 2 aromatic rings. The third kappa shape index (κ3) is 3.73. The van der Waals surface area contributed by atoms with Crippen molar-refractivity contribution in [2.75, 3.05) is 13.2 Å². The van der Waals surface area contributed by atoms with Crippen LogP contribution in [0.4, 0.5) is 0 Å². The first-order chi connectivity index (χ1) is 12.0. The molecule has 1 aromatic carbocycles. The molecular formula is C19H23N3O3. The highest BCUT2D eigenvalue weighted by atomic mass is 16.5. The van der Waals surface area contributed by atoms with Crippen molar-refractivity contribution in [3.05, 3.63) is 46.8 Å². The normalized spacial score (nSPS) is 16.0. The fraction of sp³-hybridized carbons (Fsp3) is 0.421. The highest BCUT2D eigenvalue weighted by Crippen LogP contribution is 2.26. The van der Waals surface area contributed by atoms with Gasteiger partial charge in [0, 0.05) is 18.2 Å². The van der Waals surface area contributed by atoms with Crippen LogP contribution in [-0.2, 0) is 17.8 Å². The van der Waals surface area contributed by atoms with Gasteiger partial charge in [0.25, 0.3) is 0 Å². The van der Waals surface area contributed by atoms with Gasteiger partial charge >= 0.3 is 0 Å². The Morgan fingerprint density at radius 1 is 1.32 bits per heavy atom. The summed E-state index contributed by atoms with van der Waals surface area (Å²) in [6, 6.07) is 7.99. The van der Waals surface area contributed by atoms with Crippen molar-refractivity contribution >= 4 is 11.7 Å². The summed E-state index contributed by atoms with van der Waals surface area (Å²) in [5, 5.41) is 7.26. The Hall–Kier alpha value is -2.63. The molecule has 1 amide bonds. The van der Waals surface area contributed by atoms with Gasteiger partial charge in [-0.1, -0.05) is 18.2 Å². The van der Waals surface area contributed by atoms with Crippen LogP contribution < -0.4 is 10.1 Å². The number of carbonyl (C=O) groups excluding carboxylic acids is 2. The average Bonchev–Trinajstić information content (AvgIpc) is 2.86. The van der Waals surface area contributed by atoms with E-state index in [1.54, 1.807) is 11.6 Å². The number of nitrogens with one attached hydrogen (secondary N) is 1. The predicted molar refractivity (Wildman–Crippen MR) is 93.8 cm³/mol. The van der Waals surface area contributed by atoms with E-state index in [2.05, 4.69) is 16.5 Å². The lowest BCUT2D eigenvalue weighted by molar-refractivity contribution is -0.122. The largest absolute Gasteiger partial charge is 0.493 e.